The monoisotopic (exact) mass is 706 g/mol. The minimum Gasteiger partial charge on any atom is -0.394 e. The minimum absolute atomic E-state index is 0.0873. The van der Waals surface area contributed by atoms with Gasteiger partial charge in [0.05, 0.1) is 18.8 Å². The molecule has 2 atom stereocenters. The van der Waals surface area contributed by atoms with Crippen molar-refractivity contribution in [2.24, 2.45) is 0 Å². The van der Waals surface area contributed by atoms with Crippen molar-refractivity contribution in [1.82, 2.24) is 5.32 Å². The van der Waals surface area contributed by atoms with Crippen LogP contribution in [-0.2, 0) is 4.79 Å². The van der Waals surface area contributed by atoms with Crippen molar-refractivity contribution in [3.05, 3.63) is 97.2 Å². The molecule has 0 aromatic rings. The van der Waals surface area contributed by atoms with Gasteiger partial charge in [0.25, 0.3) is 0 Å². The van der Waals surface area contributed by atoms with E-state index < -0.39 is 12.1 Å². The number of hydrogen-bond acceptors (Lipinski definition) is 3. The van der Waals surface area contributed by atoms with Crippen molar-refractivity contribution in [2.75, 3.05) is 6.61 Å². The summed E-state index contributed by atoms with van der Waals surface area (Å²) in [7, 11) is 0. The van der Waals surface area contributed by atoms with Crippen molar-refractivity contribution in [1.29, 1.82) is 0 Å². The largest absolute Gasteiger partial charge is 0.394 e. The van der Waals surface area contributed by atoms with E-state index in [0.29, 0.717) is 6.42 Å². The quantitative estimate of drug-likeness (QED) is 0.0449. The smallest absolute Gasteiger partial charge is 0.220 e. The second kappa shape index (κ2) is 41.7. The van der Waals surface area contributed by atoms with Gasteiger partial charge >= 0.3 is 0 Å². The number of unbranched alkanes of at least 4 members (excludes halogenated alkanes) is 15. The SMILES string of the molecule is CC/C=C\C/C=C\C/C=C\C/C=C\C/C=C\CCCCCCCCCCCCCCCC(=O)NC(CO)C(O)/C=C/CC/C=C/CC/C=C/CC. The Morgan fingerprint density at radius 3 is 1.29 bits per heavy atom. The zero-order valence-electron chi connectivity index (χ0n) is 33.1. The summed E-state index contributed by atoms with van der Waals surface area (Å²) >= 11 is 0. The molecule has 0 spiro atoms. The molecule has 0 bridgehead atoms. The van der Waals surface area contributed by atoms with E-state index in [9.17, 15) is 15.0 Å². The maximum absolute atomic E-state index is 12.3. The van der Waals surface area contributed by atoms with Gasteiger partial charge in [0.2, 0.25) is 5.91 Å². The highest BCUT2D eigenvalue weighted by atomic mass is 16.3. The summed E-state index contributed by atoms with van der Waals surface area (Å²) in [4.78, 5) is 12.3. The Kier molecular flexibility index (Phi) is 39.5. The molecule has 51 heavy (non-hydrogen) atoms. The highest BCUT2D eigenvalue weighted by molar-refractivity contribution is 5.76. The second-order valence-electron chi connectivity index (χ2n) is 13.6. The zero-order chi connectivity index (χ0) is 37.1. The molecule has 0 radical (unpaired) electrons. The molecule has 2 unspecified atom stereocenters. The molecule has 0 aliphatic rings. The van der Waals surface area contributed by atoms with Gasteiger partial charge < -0.3 is 15.5 Å². The first-order valence-corrected chi connectivity index (χ1v) is 21.0. The molecule has 0 fully saturated rings. The van der Waals surface area contributed by atoms with Crippen LogP contribution in [0.1, 0.15) is 174 Å². The van der Waals surface area contributed by atoms with Gasteiger partial charge in [-0.3, -0.25) is 4.79 Å². The van der Waals surface area contributed by atoms with Gasteiger partial charge in [-0.25, -0.2) is 0 Å². The van der Waals surface area contributed by atoms with Gasteiger partial charge in [-0.15, -0.1) is 0 Å². The molecule has 3 N–H and O–H groups in total. The molecular formula is C47H79NO3. The third kappa shape index (κ3) is 38.4. The fraction of sp³-hybridized carbons (Fsp3) is 0.638. The third-order valence-corrected chi connectivity index (χ3v) is 8.79. The number of nitrogens with one attached hydrogen (secondary N) is 1. The lowest BCUT2D eigenvalue weighted by molar-refractivity contribution is -0.123. The Morgan fingerprint density at radius 2 is 0.824 bits per heavy atom. The number of carbonyl (C=O) groups excluding carboxylic acids is 1. The molecule has 0 heterocycles. The number of hydrogen-bond donors (Lipinski definition) is 3. The average Bonchev–Trinajstić information content (AvgIpc) is 3.13. The van der Waals surface area contributed by atoms with Gasteiger partial charge in [0.15, 0.2) is 0 Å². The number of aliphatic hydroxyl groups is 2. The summed E-state index contributed by atoms with van der Waals surface area (Å²) in [5.41, 5.74) is 0. The predicted molar refractivity (Wildman–Crippen MR) is 225 cm³/mol. The number of amides is 1. The average molecular weight is 706 g/mol. The highest BCUT2D eigenvalue weighted by Gasteiger charge is 2.17. The van der Waals surface area contributed by atoms with Crippen LogP contribution in [0.15, 0.2) is 97.2 Å². The predicted octanol–water partition coefficient (Wildman–Crippen LogP) is 13.1. The summed E-state index contributed by atoms with van der Waals surface area (Å²) < 4.78 is 0. The van der Waals surface area contributed by atoms with E-state index in [0.717, 1.165) is 77.0 Å². The molecule has 4 heteroatoms. The number of aliphatic hydroxyl groups excluding tert-OH is 2. The van der Waals surface area contributed by atoms with Crippen molar-refractivity contribution >= 4 is 5.91 Å². The summed E-state index contributed by atoms with van der Waals surface area (Å²) in [6, 6.07) is -0.649. The molecule has 290 valence electrons. The Morgan fingerprint density at radius 1 is 0.471 bits per heavy atom. The van der Waals surface area contributed by atoms with Gasteiger partial charge in [-0.2, -0.15) is 0 Å². The molecule has 0 saturated heterocycles. The second-order valence-corrected chi connectivity index (χ2v) is 13.6. The molecular weight excluding hydrogens is 627 g/mol. The fourth-order valence-corrected chi connectivity index (χ4v) is 5.65. The normalized spacial score (nSPS) is 14.0. The van der Waals surface area contributed by atoms with Crippen LogP contribution >= 0.6 is 0 Å². The standard InChI is InChI=1S/C47H79NO3/c1-3-5-7-9-11-13-15-16-17-18-19-20-21-22-23-24-25-26-27-28-29-30-31-32-33-35-37-39-41-43-47(51)48-45(44-49)46(50)42-40-38-36-34-14-12-10-8-6-4-2/h5-8,11,13-14,16-17,19-20,22-23,34,40,42,45-46,49-50H,3-4,9-10,12,15,18,21,24-33,35-39,41,43-44H2,1-2H3,(H,48,51)/b7-5-,8-6+,13-11-,17-16-,20-19-,23-22-,34-14+,42-40+. The van der Waals surface area contributed by atoms with Crippen LogP contribution in [0, 0.1) is 0 Å². The fourth-order valence-electron chi connectivity index (χ4n) is 5.65. The topological polar surface area (TPSA) is 69.6 Å². The maximum atomic E-state index is 12.3. The van der Waals surface area contributed by atoms with E-state index in [1.807, 2.05) is 6.08 Å². The number of rotatable bonds is 36. The minimum atomic E-state index is -0.873. The van der Waals surface area contributed by atoms with Crippen molar-refractivity contribution in [3.63, 3.8) is 0 Å². The molecule has 1 amide bonds. The lowest BCUT2D eigenvalue weighted by Gasteiger charge is -2.19. The summed E-state index contributed by atoms with van der Waals surface area (Å²) in [5, 5.41) is 22.8. The molecule has 0 saturated carbocycles. The van der Waals surface area contributed by atoms with Gasteiger partial charge in [-0.05, 0) is 83.5 Å². The van der Waals surface area contributed by atoms with Crippen LogP contribution in [0.5, 0.6) is 0 Å². The Hall–Kier alpha value is -2.69. The van der Waals surface area contributed by atoms with Crippen LogP contribution in [0.2, 0.25) is 0 Å². The van der Waals surface area contributed by atoms with Gasteiger partial charge in [-0.1, -0.05) is 182 Å². The number of allylic oxidation sites excluding steroid dienone is 15. The molecule has 0 aromatic heterocycles. The summed E-state index contributed by atoms with van der Waals surface area (Å²) in [5.74, 6) is -0.0873. The lowest BCUT2D eigenvalue weighted by Crippen LogP contribution is -2.45. The van der Waals surface area contributed by atoms with Crippen molar-refractivity contribution < 1.29 is 15.0 Å². The zero-order valence-corrected chi connectivity index (χ0v) is 33.1. The highest BCUT2D eigenvalue weighted by Crippen LogP contribution is 2.14. The van der Waals surface area contributed by atoms with Gasteiger partial charge in [0.1, 0.15) is 0 Å². The molecule has 0 rings (SSSR count). The first-order valence-electron chi connectivity index (χ1n) is 21.0. The van der Waals surface area contributed by atoms with Crippen LogP contribution < -0.4 is 5.32 Å². The van der Waals surface area contributed by atoms with E-state index >= 15 is 0 Å². The van der Waals surface area contributed by atoms with Crippen LogP contribution in [0.4, 0.5) is 0 Å². The van der Waals surface area contributed by atoms with Gasteiger partial charge in [0, 0.05) is 6.42 Å². The van der Waals surface area contributed by atoms with Crippen LogP contribution in [-0.4, -0.2) is 34.9 Å². The first-order chi connectivity index (χ1) is 25.2. The Labute approximate surface area is 315 Å². The number of carbonyl (C=O) groups is 1. The summed E-state index contributed by atoms with van der Waals surface area (Å²) in [6.45, 7) is 4.04. The molecule has 0 aromatic carbocycles. The van der Waals surface area contributed by atoms with Crippen molar-refractivity contribution in [2.45, 2.75) is 187 Å². The first kappa shape index (κ1) is 48.3. The van der Waals surface area contributed by atoms with E-state index in [4.69, 9.17) is 0 Å². The lowest BCUT2D eigenvalue weighted by atomic mass is 10.0. The maximum Gasteiger partial charge on any atom is 0.220 e. The molecule has 4 nitrogen and oxygen atoms in total. The van der Waals surface area contributed by atoms with E-state index in [-0.39, 0.29) is 12.5 Å². The summed E-state index contributed by atoms with van der Waals surface area (Å²) in [6.07, 6.45) is 62.4. The van der Waals surface area contributed by atoms with E-state index in [1.54, 1.807) is 6.08 Å². The van der Waals surface area contributed by atoms with E-state index in [2.05, 4.69) is 104 Å². The van der Waals surface area contributed by atoms with Crippen molar-refractivity contribution in [3.8, 4) is 0 Å². The Balaban J connectivity index is 3.57. The molecule has 0 aliphatic heterocycles. The van der Waals surface area contributed by atoms with Crippen LogP contribution in [0.3, 0.4) is 0 Å². The third-order valence-electron chi connectivity index (χ3n) is 8.79. The van der Waals surface area contributed by atoms with Crippen LogP contribution in [0.25, 0.3) is 0 Å². The van der Waals surface area contributed by atoms with E-state index in [1.165, 1.54) is 77.0 Å². The molecule has 0 aliphatic carbocycles. The Bertz CT molecular complexity index is 983.